The molecule has 0 radical (unpaired) electrons. The average molecular weight is 277 g/mol. The Kier molecular flexibility index (Phi) is 3.99. The Morgan fingerprint density at radius 1 is 1.50 bits per heavy atom. The molecule has 2 N–H and O–H groups in total. The van der Waals surface area contributed by atoms with Crippen LogP contribution in [0.3, 0.4) is 0 Å². The predicted molar refractivity (Wildman–Crippen MR) is 73.4 cm³/mol. The van der Waals surface area contributed by atoms with Gasteiger partial charge in [-0.05, 0) is 20.3 Å². The second-order valence-corrected chi connectivity index (χ2v) is 5.16. The van der Waals surface area contributed by atoms with Crippen molar-refractivity contribution in [1.82, 2.24) is 24.9 Å². The minimum absolute atomic E-state index is 0.203. The first-order valence-corrected chi connectivity index (χ1v) is 6.60. The van der Waals surface area contributed by atoms with Gasteiger partial charge in [0, 0.05) is 12.7 Å². The van der Waals surface area contributed by atoms with Crippen LogP contribution in [-0.2, 0) is 0 Å². The quantitative estimate of drug-likeness (QED) is 0.840. The summed E-state index contributed by atoms with van der Waals surface area (Å²) >= 11 is 0. The third-order valence-corrected chi connectivity index (χ3v) is 3.21. The van der Waals surface area contributed by atoms with Crippen molar-refractivity contribution < 1.29 is 9.90 Å². The SMILES string of the molecule is CCCC(C)(O)CNC(=O)c1cnc2ncnn2c1C. The van der Waals surface area contributed by atoms with Gasteiger partial charge in [0.25, 0.3) is 11.7 Å². The van der Waals surface area contributed by atoms with E-state index in [0.29, 0.717) is 23.5 Å². The lowest BCUT2D eigenvalue weighted by Gasteiger charge is -2.23. The van der Waals surface area contributed by atoms with E-state index in [4.69, 9.17) is 0 Å². The molecule has 0 fully saturated rings. The van der Waals surface area contributed by atoms with Gasteiger partial charge < -0.3 is 10.4 Å². The highest BCUT2D eigenvalue weighted by Crippen LogP contribution is 2.11. The first-order valence-electron chi connectivity index (χ1n) is 6.60. The Balaban J connectivity index is 2.13. The van der Waals surface area contributed by atoms with Crippen LogP contribution < -0.4 is 5.32 Å². The number of carbonyl (C=O) groups excluding carboxylic acids is 1. The van der Waals surface area contributed by atoms with E-state index in [0.717, 1.165) is 6.42 Å². The molecule has 0 aliphatic heterocycles. The molecular formula is C13H19N5O2. The molecular weight excluding hydrogens is 258 g/mol. The number of amides is 1. The molecule has 0 aromatic carbocycles. The van der Waals surface area contributed by atoms with Gasteiger partial charge in [0.1, 0.15) is 6.33 Å². The molecule has 0 saturated carbocycles. The largest absolute Gasteiger partial charge is 0.388 e. The van der Waals surface area contributed by atoms with Crippen LogP contribution in [-0.4, -0.2) is 42.7 Å². The number of hydrogen-bond donors (Lipinski definition) is 2. The summed E-state index contributed by atoms with van der Waals surface area (Å²) in [5.74, 6) is 0.181. The first kappa shape index (κ1) is 14.4. The summed E-state index contributed by atoms with van der Waals surface area (Å²) in [6, 6.07) is 0. The van der Waals surface area contributed by atoms with Crippen LogP contribution in [0.1, 0.15) is 42.7 Å². The first-order chi connectivity index (χ1) is 9.44. The van der Waals surface area contributed by atoms with Crippen molar-refractivity contribution in [2.45, 2.75) is 39.2 Å². The number of nitrogens with one attached hydrogen (secondary N) is 1. The minimum atomic E-state index is -0.900. The van der Waals surface area contributed by atoms with Crippen molar-refractivity contribution in [2.75, 3.05) is 6.54 Å². The van der Waals surface area contributed by atoms with Crippen LogP contribution in [0, 0.1) is 6.92 Å². The van der Waals surface area contributed by atoms with Crippen molar-refractivity contribution in [2.24, 2.45) is 0 Å². The number of aryl methyl sites for hydroxylation is 1. The molecule has 0 saturated heterocycles. The van der Waals surface area contributed by atoms with Crippen LogP contribution in [0.15, 0.2) is 12.5 Å². The number of aromatic nitrogens is 4. The second kappa shape index (κ2) is 5.54. The molecule has 0 bridgehead atoms. The van der Waals surface area contributed by atoms with Crippen LogP contribution in [0.25, 0.3) is 5.78 Å². The Labute approximate surface area is 117 Å². The molecule has 2 aromatic heterocycles. The Bertz CT molecular complexity index is 620. The Morgan fingerprint density at radius 3 is 2.95 bits per heavy atom. The van der Waals surface area contributed by atoms with E-state index in [1.807, 2.05) is 6.92 Å². The van der Waals surface area contributed by atoms with Crippen molar-refractivity contribution in [3.8, 4) is 0 Å². The maximum absolute atomic E-state index is 12.2. The zero-order chi connectivity index (χ0) is 14.8. The van der Waals surface area contributed by atoms with E-state index in [-0.39, 0.29) is 12.5 Å². The monoisotopic (exact) mass is 277 g/mol. The molecule has 108 valence electrons. The van der Waals surface area contributed by atoms with Crippen molar-refractivity contribution in [3.05, 3.63) is 23.8 Å². The predicted octanol–water partition coefficient (Wildman–Crippen LogP) is 0.714. The highest BCUT2D eigenvalue weighted by molar-refractivity contribution is 5.95. The number of hydrogen-bond acceptors (Lipinski definition) is 5. The van der Waals surface area contributed by atoms with E-state index in [2.05, 4.69) is 20.4 Å². The molecule has 1 atom stereocenters. The van der Waals surface area contributed by atoms with Crippen molar-refractivity contribution in [1.29, 1.82) is 0 Å². The number of rotatable bonds is 5. The highest BCUT2D eigenvalue weighted by atomic mass is 16.3. The van der Waals surface area contributed by atoms with Gasteiger partial charge in [0.05, 0.1) is 16.9 Å². The average Bonchev–Trinajstić information content (AvgIpc) is 2.86. The lowest BCUT2D eigenvalue weighted by molar-refractivity contribution is 0.0469. The maximum Gasteiger partial charge on any atom is 0.254 e. The summed E-state index contributed by atoms with van der Waals surface area (Å²) in [5.41, 5.74) is 0.193. The third-order valence-electron chi connectivity index (χ3n) is 3.21. The number of aliphatic hydroxyl groups is 1. The van der Waals surface area contributed by atoms with E-state index >= 15 is 0 Å². The molecule has 20 heavy (non-hydrogen) atoms. The van der Waals surface area contributed by atoms with Gasteiger partial charge in [-0.25, -0.2) is 9.50 Å². The van der Waals surface area contributed by atoms with Gasteiger partial charge in [-0.1, -0.05) is 13.3 Å². The van der Waals surface area contributed by atoms with Gasteiger partial charge in [-0.15, -0.1) is 0 Å². The Morgan fingerprint density at radius 2 is 2.25 bits per heavy atom. The summed E-state index contributed by atoms with van der Waals surface area (Å²) in [7, 11) is 0. The molecule has 2 aromatic rings. The van der Waals surface area contributed by atoms with Crippen LogP contribution >= 0.6 is 0 Å². The van der Waals surface area contributed by atoms with E-state index in [1.54, 1.807) is 13.8 Å². The van der Waals surface area contributed by atoms with Crippen molar-refractivity contribution >= 4 is 11.7 Å². The minimum Gasteiger partial charge on any atom is -0.388 e. The molecule has 1 amide bonds. The van der Waals surface area contributed by atoms with Crippen LogP contribution in [0.4, 0.5) is 0 Å². The fraction of sp³-hybridized carbons (Fsp3) is 0.538. The molecule has 0 aliphatic carbocycles. The second-order valence-electron chi connectivity index (χ2n) is 5.16. The van der Waals surface area contributed by atoms with E-state index in [1.165, 1.54) is 17.0 Å². The summed E-state index contributed by atoms with van der Waals surface area (Å²) in [4.78, 5) is 20.2. The lowest BCUT2D eigenvalue weighted by atomic mass is 10.0. The van der Waals surface area contributed by atoms with Gasteiger partial charge >= 0.3 is 0 Å². The zero-order valence-corrected chi connectivity index (χ0v) is 11.9. The Hall–Kier alpha value is -2.02. The maximum atomic E-state index is 12.2. The van der Waals surface area contributed by atoms with Gasteiger partial charge in [0.15, 0.2) is 0 Å². The molecule has 7 heteroatoms. The standard InChI is InChI=1S/C13H19N5O2/c1-4-5-13(3,20)7-15-11(19)10-6-14-12-16-8-17-18(12)9(10)2/h6,8,20H,4-5,7H2,1-3H3,(H,15,19). The summed E-state index contributed by atoms with van der Waals surface area (Å²) in [5, 5.41) is 16.8. The zero-order valence-electron chi connectivity index (χ0n) is 11.9. The fourth-order valence-electron chi connectivity index (χ4n) is 2.11. The molecule has 2 rings (SSSR count). The number of nitrogens with zero attached hydrogens (tertiary/aromatic N) is 4. The molecule has 7 nitrogen and oxygen atoms in total. The van der Waals surface area contributed by atoms with E-state index < -0.39 is 5.60 Å². The summed E-state index contributed by atoms with van der Waals surface area (Å²) < 4.78 is 1.51. The lowest BCUT2D eigenvalue weighted by Crippen LogP contribution is -2.40. The smallest absolute Gasteiger partial charge is 0.254 e. The van der Waals surface area contributed by atoms with Gasteiger partial charge in [-0.3, -0.25) is 4.79 Å². The molecule has 2 heterocycles. The molecule has 1 unspecified atom stereocenters. The molecule has 0 aliphatic rings. The third kappa shape index (κ3) is 2.93. The highest BCUT2D eigenvalue weighted by Gasteiger charge is 2.21. The normalized spacial score (nSPS) is 14.2. The topological polar surface area (TPSA) is 92.4 Å². The van der Waals surface area contributed by atoms with Crippen LogP contribution in [0.5, 0.6) is 0 Å². The van der Waals surface area contributed by atoms with E-state index in [9.17, 15) is 9.90 Å². The van der Waals surface area contributed by atoms with Gasteiger partial charge in [-0.2, -0.15) is 10.1 Å². The summed E-state index contributed by atoms with van der Waals surface area (Å²) in [6.45, 7) is 5.68. The van der Waals surface area contributed by atoms with Crippen LogP contribution in [0.2, 0.25) is 0 Å². The number of fused-ring (bicyclic) bond motifs is 1. The molecule has 0 spiro atoms. The summed E-state index contributed by atoms with van der Waals surface area (Å²) in [6.07, 6.45) is 4.35. The van der Waals surface area contributed by atoms with Gasteiger partial charge in [0.2, 0.25) is 0 Å². The van der Waals surface area contributed by atoms with Crippen molar-refractivity contribution in [3.63, 3.8) is 0 Å². The fourth-order valence-corrected chi connectivity index (χ4v) is 2.11. The number of carbonyl (C=O) groups is 1.